The molecule has 0 bridgehead atoms. The molecule has 0 N–H and O–H groups in total. The number of rotatable bonds is 4. The zero-order chi connectivity index (χ0) is 17.5. The first kappa shape index (κ1) is 16.7. The highest BCUT2D eigenvalue weighted by atomic mass is 16.7. The SMILES string of the molecule is CC1(C)OB(c2cnn(Cc3ccccc3[N+](=O)[O-])c2)OC1(C)C. The van der Waals surface area contributed by atoms with Crippen molar-refractivity contribution in [1.29, 1.82) is 0 Å². The van der Waals surface area contributed by atoms with Crippen molar-refractivity contribution in [3.63, 3.8) is 0 Å². The lowest BCUT2D eigenvalue weighted by molar-refractivity contribution is -0.385. The van der Waals surface area contributed by atoms with Crippen molar-refractivity contribution in [1.82, 2.24) is 9.78 Å². The van der Waals surface area contributed by atoms with Crippen LogP contribution in [0.3, 0.4) is 0 Å². The number of nitro groups is 1. The number of hydrogen-bond acceptors (Lipinski definition) is 5. The zero-order valence-electron chi connectivity index (χ0n) is 14.2. The monoisotopic (exact) mass is 329 g/mol. The summed E-state index contributed by atoms with van der Waals surface area (Å²) in [5.41, 5.74) is 0.652. The van der Waals surface area contributed by atoms with Gasteiger partial charge in [-0.2, -0.15) is 5.10 Å². The predicted molar refractivity (Wildman–Crippen MR) is 90.1 cm³/mol. The highest BCUT2D eigenvalue weighted by Gasteiger charge is 2.52. The topological polar surface area (TPSA) is 79.4 Å². The fraction of sp³-hybridized carbons (Fsp3) is 0.438. The summed E-state index contributed by atoms with van der Waals surface area (Å²) in [6.07, 6.45) is 3.48. The summed E-state index contributed by atoms with van der Waals surface area (Å²) in [7, 11) is -0.491. The summed E-state index contributed by atoms with van der Waals surface area (Å²) in [6.45, 7) is 8.28. The molecule has 7 nitrogen and oxygen atoms in total. The molecule has 8 heteroatoms. The van der Waals surface area contributed by atoms with Crippen LogP contribution in [0, 0.1) is 10.1 Å². The number of benzene rings is 1. The first-order valence-corrected chi connectivity index (χ1v) is 7.80. The maximum Gasteiger partial charge on any atom is 0.498 e. The Morgan fingerprint density at radius 2 is 1.83 bits per heavy atom. The second kappa shape index (κ2) is 5.72. The average Bonchev–Trinajstić information content (AvgIpc) is 3.02. The first-order valence-electron chi connectivity index (χ1n) is 7.80. The van der Waals surface area contributed by atoms with Gasteiger partial charge in [-0.25, -0.2) is 0 Å². The van der Waals surface area contributed by atoms with E-state index in [1.807, 2.05) is 27.7 Å². The fourth-order valence-corrected chi connectivity index (χ4v) is 2.56. The molecule has 1 aliphatic rings. The Hall–Kier alpha value is -2.19. The van der Waals surface area contributed by atoms with Crippen molar-refractivity contribution in [3.8, 4) is 0 Å². The van der Waals surface area contributed by atoms with Crippen LogP contribution in [0.25, 0.3) is 0 Å². The van der Waals surface area contributed by atoms with E-state index in [1.54, 1.807) is 35.3 Å². The van der Waals surface area contributed by atoms with Crippen molar-refractivity contribution >= 4 is 18.3 Å². The first-order chi connectivity index (χ1) is 11.2. The summed E-state index contributed by atoms with van der Waals surface area (Å²) in [5, 5.41) is 15.4. The molecule has 1 fully saturated rings. The Morgan fingerprint density at radius 3 is 2.46 bits per heavy atom. The largest absolute Gasteiger partial charge is 0.498 e. The Balaban J connectivity index is 1.79. The van der Waals surface area contributed by atoms with E-state index in [1.165, 1.54) is 6.07 Å². The third kappa shape index (κ3) is 2.94. The van der Waals surface area contributed by atoms with E-state index in [0.717, 1.165) is 5.46 Å². The average molecular weight is 329 g/mol. The molecular weight excluding hydrogens is 309 g/mol. The van der Waals surface area contributed by atoms with Gasteiger partial charge in [-0.05, 0) is 27.7 Å². The molecule has 126 valence electrons. The minimum Gasteiger partial charge on any atom is -0.399 e. The molecule has 1 aromatic heterocycles. The van der Waals surface area contributed by atoms with Crippen LogP contribution in [0.15, 0.2) is 36.7 Å². The standard InChI is InChI=1S/C16H20BN3O4/c1-15(2)16(3,4)24-17(23-15)13-9-18-19(11-13)10-12-7-5-6-8-14(12)20(21)22/h5-9,11H,10H2,1-4H3. The van der Waals surface area contributed by atoms with Crippen LogP contribution in [0.5, 0.6) is 0 Å². The Kier molecular flexibility index (Phi) is 3.97. The maximum atomic E-state index is 11.1. The third-order valence-electron chi connectivity index (χ3n) is 4.70. The van der Waals surface area contributed by atoms with Crippen LogP contribution >= 0.6 is 0 Å². The molecule has 0 aliphatic carbocycles. The lowest BCUT2D eigenvalue weighted by Crippen LogP contribution is -2.41. The molecule has 0 radical (unpaired) electrons. The summed E-state index contributed by atoms with van der Waals surface area (Å²) in [6, 6.07) is 6.66. The molecule has 2 aromatic rings. The Morgan fingerprint density at radius 1 is 1.21 bits per heavy atom. The number of nitrogens with zero attached hydrogens (tertiary/aromatic N) is 3. The Labute approximate surface area is 140 Å². The van der Waals surface area contributed by atoms with E-state index < -0.39 is 18.3 Å². The summed E-state index contributed by atoms with van der Waals surface area (Å²) >= 11 is 0. The van der Waals surface area contributed by atoms with Crippen LogP contribution in [-0.2, 0) is 15.9 Å². The number of para-hydroxylation sites is 1. The van der Waals surface area contributed by atoms with Gasteiger partial charge in [0.05, 0.1) is 28.2 Å². The lowest BCUT2D eigenvalue weighted by atomic mass is 9.82. The fourth-order valence-electron chi connectivity index (χ4n) is 2.56. The lowest BCUT2D eigenvalue weighted by Gasteiger charge is -2.32. The van der Waals surface area contributed by atoms with E-state index in [0.29, 0.717) is 12.1 Å². The summed E-state index contributed by atoms with van der Waals surface area (Å²) in [5.74, 6) is 0. The molecule has 24 heavy (non-hydrogen) atoms. The van der Waals surface area contributed by atoms with Gasteiger partial charge >= 0.3 is 7.12 Å². The van der Waals surface area contributed by atoms with Gasteiger partial charge < -0.3 is 9.31 Å². The van der Waals surface area contributed by atoms with Gasteiger partial charge in [-0.15, -0.1) is 0 Å². The van der Waals surface area contributed by atoms with Crippen LogP contribution in [0.1, 0.15) is 33.3 Å². The molecule has 3 rings (SSSR count). The van der Waals surface area contributed by atoms with E-state index in [-0.39, 0.29) is 10.6 Å². The van der Waals surface area contributed by atoms with Crippen molar-refractivity contribution in [2.24, 2.45) is 0 Å². The van der Waals surface area contributed by atoms with Crippen LogP contribution < -0.4 is 5.46 Å². The minimum atomic E-state index is -0.491. The second-order valence-electron chi connectivity index (χ2n) is 6.95. The van der Waals surface area contributed by atoms with Gasteiger partial charge in [0.15, 0.2) is 0 Å². The molecule has 2 heterocycles. The van der Waals surface area contributed by atoms with E-state index in [4.69, 9.17) is 9.31 Å². The van der Waals surface area contributed by atoms with Crippen molar-refractivity contribution < 1.29 is 14.2 Å². The molecule has 0 saturated carbocycles. The van der Waals surface area contributed by atoms with Gasteiger partial charge in [0, 0.05) is 23.9 Å². The molecule has 1 saturated heterocycles. The highest BCUT2D eigenvalue weighted by molar-refractivity contribution is 6.61. The Bertz CT molecular complexity index is 756. The third-order valence-corrected chi connectivity index (χ3v) is 4.70. The van der Waals surface area contributed by atoms with Gasteiger partial charge in [0.1, 0.15) is 0 Å². The quantitative estimate of drug-likeness (QED) is 0.488. The maximum absolute atomic E-state index is 11.1. The van der Waals surface area contributed by atoms with Crippen molar-refractivity contribution in [2.45, 2.75) is 45.4 Å². The summed E-state index contributed by atoms with van der Waals surface area (Å²) in [4.78, 5) is 10.7. The van der Waals surface area contributed by atoms with Crippen LogP contribution in [-0.4, -0.2) is 33.0 Å². The van der Waals surface area contributed by atoms with E-state index >= 15 is 0 Å². The predicted octanol–water partition coefficient (Wildman–Crippen LogP) is 2.14. The van der Waals surface area contributed by atoms with Crippen molar-refractivity contribution in [3.05, 3.63) is 52.3 Å². The number of hydrogen-bond donors (Lipinski definition) is 0. The molecule has 0 atom stereocenters. The van der Waals surface area contributed by atoms with Gasteiger partial charge in [-0.1, -0.05) is 18.2 Å². The van der Waals surface area contributed by atoms with E-state index in [2.05, 4.69) is 5.10 Å². The molecule has 0 spiro atoms. The molecule has 0 unspecified atom stereocenters. The highest BCUT2D eigenvalue weighted by Crippen LogP contribution is 2.36. The van der Waals surface area contributed by atoms with Crippen LogP contribution in [0.2, 0.25) is 0 Å². The molecule has 1 aliphatic heterocycles. The smallest absolute Gasteiger partial charge is 0.399 e. The number of aromatic nitrogens is 2. The van der Waals surface area contributed by atoms with E-state index in [9.17, 15) is 10.1 Å². The molecule has 0 amide bonds. The summed E-state index contributed by atoms with van der Waals surface area (Å²) < 4.78 is 13.6. The normalized spacial score (nSPS) is 18.8. The van der Waals surface area contributed by atoms with Crippen molar-refractivity contribution in [2.75, 3.05) is 0 Å². The van der Waals surface area contributed by atoms with Gasteiger partial charge in [0.25, 0.3) is 5.69 Å². The van der Waals surface area contributed by atoms with Gasteiger partial charge in [-0.3, -0.25) is 14.8 Å². The molecule has 1 aromatic carbocycles. The zero-order valence-corrected chi connectivity index (χ0v) is 14.2. The second-order valence-corrected chi connectivity index (χ2v) is 6.95. The minimum absolute atomic E-state index is 0.0881. The molecular formula is C16H20BN3O4. The number of nitro benzene ring substituents is 1. The van der Waals surface area contributed by atoms with Gasteiger partial charge in [0.2, 0.25) is 0 Å². The van der Waals surface area contributed by atoms with Crippen LogP contribution in [0.4, 0.5) is 5.69 Å².